The minimum atomic E-state index is -1.09. The van der Waals surface area contributed by atoms with E-state index in [0.717, 1.165) is 32.1 Å². The second-order valence-corrected chi connectivity index (χ2v) is 6.40. The first-order chi connectivity index (χ1) is 12.1. The molecule has 0 aromatic carbocycles. The molecule has 1 fully saturated rings. The summed E-state index contributed by atoms with van der Waals surface area (Å²) in [4.78, 5) is 30.7. The van der Waals surface area contributed by atoms with Crippen molar-refractivity contribution in [2.75, 3.05) is 19.6 Å². The number of unbranched alkanes of at least 4 members (excludes halogenated alkanes) is 2. The zero-order chi connectivity index (χ0) is 18.1. The highest BCUT2D eigenvalue weighted by atomic mass is 16.3. The molecule has 138 valence electrons. The average molecular weight is 348 g/mol. The quantitative estimate of drug-likeness (QED) is 0.571. The van der Waals surface area contributed by atoms with E-state index >= 15 is 0 Å². The topological polar surface area (TPSA) is 109 Å². The number of aliphatic hydroxyl groups is 1. The van der Waals surface area contributed by atoms with Gasteiger partial charge in [-0.3, -0.25) is 14.6 Å². The molecule has 4 N–H and O–H groups in total. The Morgan fingerprint density at radius 1 is 1.20 bits per heavy atom. The molecule has 0 spiro atoms. The molecule has 25 heavy (non-hydrogen) atoms. The number of amides is 2. The summed E-state index contributed by atoms with van der Waals surface area (Å²) in [5, 5.41) is 13.4. The van der Waals surface area contributed by atoms with Crippen LogP contribution in [0.1, 0.15) is 50.2 Å². The van der Waals surface area contributed by atoms with Crippen molar-refractivity contribution < 1.29 is 14.7 Å². The van der Waals surface area contributed by atoms with Crippen LogP contribution in [0.25, 0.3) is 0 Å². The Morgan fingerprint density at radius 2 is 1.88 bits per heavy atom. The highest BCUT2D eigenvalue weighted by Crippen LogP contribution is 2.20. The number of rotatable bonds is 9. The van der Waals surface area contributed by atoms with E-state index in [1.54, 1.807) is 29.4 Å². The number of nitrogens with one attached hydrogen (secondary N) is 1. The van der Waals surface area contributed by atoms with Gasteiger partial charge in [-0.15, -0.1) is 0 Å². The predicted molar refractivity (Wildman–Crippen MR) is 94.5 cm³/mol. The molecule has 2 rings (SSSR count). The van der Waals surface area contributed by atoms with Crippen LogP contribution in [0.4, 0.5) is 0 Å². The lowest BCUT2D eigenvalue weighted by atomic mass is 10.0. The largest absolute Gasteiger partial charge is 0.386 e. The molecular weight excluding hydrogens is 320 g/mol. The molecule has 7 heteroatoms. The molecule has 2 amide bonds. The highest BCUT2D eigenvalue weighted by Gasteiger charge is 2.33. The number of nitrogens with two attached hydrogens (primary N) is 1. The van der Waals surface area contributed by atoms with Crippen molar-refractivity contribution >= 4 is 11.8 Å². The lowest BCUT2D eigenvalue weighted by Crippen LogP contribution is -2.51. The Morgan fingerprint density at radius 3 is 2.52 bits per heavy atom. The molecular formula is C18H28N4O3. The van der Waals surface area contributed by atoms with Crippen molar-refractivity contribution in [1.82, 2.24) is 15.2 Å². The van der Waals surface area contributed by atoms with Gasteiger partial charge in [0, 0.05) is 31.9 Å². The van der Waals surface area contributed by atoms with E-state index in [-0.39, 0.29) is 11.8 Å². The molecule has 0 radical (unpaired) electrons. The Hall–Kier alpha value is -1.99. The van der Waals surface area contributed by atoms with E-state index in [0.29, 0.717) is 31.6 Å². The van der Waals surface area contributed by atoms with E-state index in [9.17, 15) is 14.7 Å². The van der Waals surface area contributed by atoms with E-state index in [1.807, 2.05) is 0 Å². The Balaban J connectivity index is 2.03. The third kappa shape index (κ3) is 5.79. The number of aliphatic hydroxyl groups excluding tert-OH is 1. The summed E-state index contributed by atoms with van der Waals surface area (Å²) < 4.78 is 0. The van der Waals surface area contributed by atoms with E-state index in [2.05, 4.69) is 10.3 Å². The summed E-state index contributed by atoms with van der Waals surface area (Å²) in [6.45, 7) is 1.95. The molecule has 2 heterocycles. The monoisotopic (exact) mass is 348 g/mol. The molecule has 0 bridgehead atoms. The molecule has 0 saturated carbocycles. The number of carbonyl (C=O) groups excluding carboxylic acids is 2. The van der Waals surface area contributed by atoms with Crippen molar-refractivity contribution in [2.24, 2.45) is 5.73 Å². The molecule has 2 atom stereocenters. The van der Waals surface area contributed by atoms with Gasteiger partial charge in [0.25, 0.3) is 0 Å². The number of aromatic nitrogens is 1. The Labute approximate surface area is 148 Å². The minimum absolute atomic E-state index is 0.220. The van der Waals surface area contributed by atoms with Gasteiger partial charge in [0.2, 0.25) is 11.8 Å². The molecule has 1 aromatic rings. The van der Waals surface area contributed by atoms with Crippen molar-refractivity contribution in [1.29, 1.82) is 0 Å². The molecule has 0 aliphatic carbocycles. The number of carbonyl (C=O) groups is 2. The van der Waals surface area contributed by atoms with Gasteiger partial charge in [-0.25, -0.2) is 0 Å². The number of likely N-dealkylation sites (tertiary alicyclic amines) is 1. The lowest BCUT2D eigenvalue weighted by Gasteiger charge is -2.28. The molecule has 1 aliphatic rings. The molecule has 1 saturated heterocycles. The van der Waals surface area contributed by atoms with Crippen LogP contribution < -0.4 is 11.1 Å². The summed E-state index contributed by atoms with van der Waals surface area (Å²) >= 11 is 0. The number of hydrogen-bond acceptors (Lipinski definition) is 5. The van der Waals surface area contributed by atoms with Gasteiger partial charge >= 0.3 is 0 Å². The zero-order valence-electron chi connectivity index (χ0n) is 14.6. The first kappa shape index (κ1) is 19.3. The molecule has 1 aromatic heterocycles. The zero-order valence-corrected chi connectivity index (χ0v) is 14.6. The van der Waals surface area contributed by atoms with E-state index < -0.39 is 12.1 Å². The highest BCUT2D eigenvalue weighted by molar-refractivity contribution is 5.88. The number of nitrogens with zero attached hydrogens (tertiary/aromatic N) is 2. The van der Waals surface area contributed by atoms with Crippen LogP contribution in [0.3, 0.4) is 0 Å². The fourth-order valence-corrected chi connectivity index (χ4v) is 3.02. The predicted octanol–water partition coefficient (Wildman–Crippen LogP) is 0.741. The molecule has 1 aliphatic heterocycles. The van der Waals surface area contributed by atoms with Crippen LogP contribution >= 0.6 is 0 Å². The molecule has 7 nitrogen and oxygen atoms in total. The maximum atomic E-state index is 12.8. The second-order valence-electron chi connectivity index (χ2n) is 6.40. The van der Waals surface area contributed by atoms with Gasteiger partial charge in [-0.2, -0.15) is 0 Å². The lowest BCUT2D eigenvalue weighted by molar-refractivity contribution is -0.139. The van der Waals surface area contributed by atoms with Gasteiger partial charge in [0.05, 0.1) is 0 Å². The van der Waals surface area contributed by atoms with Crippen molar-refractivity contribution in [2.45, 2.75) is 50.7 Å². The summed E-state index contributed by atoms with van der Waals surface area (Å²) in [5.74, 6) is -0.445. The smallest absolute Gasteiger partial charge is 0.248 e. The van der Waals surface area contributed by atoms with Crippen LogP contribution in [0, 0.1) is 0 Å². The van der Waals surface area contributed by atoms with Crippen molar-refractivity contribution in [3.05, 3.63) is 30.1 Å². The number of hydrogen-bond donors (Lipinski definition) is 3. The van der Waals surface area contributed by atoms with Crippen LogP contribution in [0.2, 0.25) is 0 Å². The van der Waals surface area contributed by atoms with E-state index in [1.165, 1.54) is 0 Å². The summed E-state index contributed by atoms with van der Waals surface area (Å²) in [7, 11) is 0. The van der Waals surface area contributed by atoms with Gasteiger partial charge in [0.15, 0.2) is 0 Å². The summed E-state index contributed by atoms with van der Waals surface area (Å²) in [5.41, 5.74) is 6.02. The average Bonchev–Trinajstić information content (AvgIpc) is 3.18. The van der Waals surface area contributed by atoms with Gasteiger partial charge < -0.3 is 21.1 Å². The first-order valence-corrected chi connectivity index (χ1v) is 8.99. The second kappa shape index (κ2) is 10.1. The number of pyridine rings is 1. The fraction of sp³-hybridized carbons (Fsp3) is 0.611. The van der Waals surface area contributed by atoms with Gasteiger partial charge in [-0.1, -0.05) is 6.42 Å². The van der Waals surface area contributed by atoms with Crippen LogP contribution in [0.15, 0.2) is 24.5 Å². The standard InChI is InChI=1S/C18H28N4O3/c19-9-3-1-2-6-15(23)21-16(18(25)22-12-4-5-13-22)17(24)14-7-10-20-11-8-14/h7-8,10-11,16-17,24H,1-6,9,12-13,19H2,(H,21,23). The third-order valence-corrected chi connectivity index (χ3v) is 4.47. The van der Waals surface area contributed by atoms with Crippen LogP contribution in [-0.4, -0.2) is 52.5 Å². The molecule has 2 unspecified atom stereocenters. The van der Waals surface area contributed by atoms with E-state index in [4.69, 9.17) is 5.73 Å². The third-order valence-electron chi connectivity index (χ3n) is 4.47. The van der Waals surface area contributed by atoms with Gasteiger partial charge in [0.1, 0.15) is 12.1 Å². The van der Waals surface area contributed by atoms with Crippen molar-refractivity contribution in [3.8, 4) is 0 Å². The fourth-order valence-electron chi connectivity index (χ4n) is 3.02. The minimum Gasteiger partial charge on any atom is -0.386 e. The maximum absolute atomic E-state index is 12.8. The SMILES string of the molecule is NCCCCCC(=O)NC(C(=O)N1CCCC1)C(O)c1ccncc1. The van der Waals surface area contributed by atoms with Crippen molar-refractivity contribution in [3.63, 3.8) is 0 Å². The van der Waals surface area contributed by atoms with Crippen LogP contribution in [0.5, 0.6) is 0 Å². The van der Waals surface area contributed by atoms with Gasteiger partial charge in [-0.05, 0) is 49.9 Å². The normalized spacial score (nSPS) is 16.5. The maximum Gasteiger partial charge on any atom is 0.248 e. The van der Waals surface area contributed by atoms with Crippen LogP contribution in [-0.2, 0) is 9.59 Å². The Kier molecular flexibility index (Phi) is 7.81. The first-order valence-electron chi connectivity index (χ1n) is 8.99. The Bertz CT molecular complexity index is 547. The summed E-state index contributed by atoms with van der Waals surface area (Å²) in [6, 6.07) is 2.34. The summed E-state index contributed by atoms with van der Waals surface area (Å²) in [6.07, 6.45) is 6.74.